The van der Waals surface area contributed by atoms with E-state index in [-0.39, 0.29) is 18.4 Å². The van der Waals surface area contributed by atoms with Crippen molar-refractivity contribution < 1.29 is 23.9 Å². The molecule has 1 fully saturated rings. The van der Waals surface area contributed by atoms with Crippen LogP contribution < -0.4 is 15.0 Å². The van der Waals surface area contributed by atoms with Gasteiger partial charge in [0.1, 0.15) is 11.6 Å². The van der Waals surface area contributed by atoms with Crippen LogP contribution in [0.1, 0.15) is 27.6 Å². The van der Waals surface area contributed by atoms with Crippen molar-refractivity contribution in [2.75, 3.05) is 51.3 Å². The normalized spacial score (nSPS) is 14.1. The van der Waals surface area contributed by atoms with Crippen LogP contribution in [0.4, 0.5) is 5.82 Å². The van der Waals surface area contributed by atoms with Gasteiger partial charge in [-0.05, 0) is 43.3 Å². The number of ether oxygens (including phenoxy) is 2. The van der Waals surface area contributed by atoms with E-state index in [2.05, 4.69) is 15.2 Å². The number of piperazine rings is 1. The molecule has 2 heterocycles. The molecule has 9 nitrogen and oxygen atoms in total. The number of anilines is 1. The van der Waals surface area contributed by atoms with Crippen molar-refractivity contribution >= 4 is 23.6 Å². The first-order valence-corrected chi connectivity index (χ1v) is 10.1. The number of nitrogens with one attached hydrogen (secondary N) is 1. The Morgan fingerprint density at radius 3 is 2.26 bits per heavy atom. The van der Waals surface area contributed by atoms with Crippen LogP contribution in [0.15, 0.2) is 42.6 Å². The first kappa shape index (κ1) is 22.2. The van der Waals surface area contributed by atoms with Gasteiger partial charge in [0.2, 0.25) is 5.91 Å². The predicted octanol–water partition coefficient (Wildman–Crippen LogP) is 1.35. The quantitative estimate of drug-likeness (QED) is 0.662. The zero-order valence-corrected chi connectivity index (χ0v) is 17.7. The van der Waals surface area contributed by atoms with Crippen LogP contribution in [0.3, 0.4) is 0 Å². The highest BCUT2D eigenvalue weighted by atomic mass is 16.5. The van der Waals surface area contributed by atoms with Crippen molar-refractivity contribution in [3.05, 3.63) is 53.7 Å². The van der Waals surface area contributed by atoms with Gasteiger partial charge in [-0.15, -0.1) is 0 Å². The van der Waals surface area contributed by atoms with Gasteiger partial charge in [-0.25, -0.2) is 9.78 Å². The van der Waals surface area contributed by atoms with Gasteiger partial charge in [-0.2, -0.15) is 0 Å². The average molecular weight is 426 g/mol. The van der Waals surface area contributed by atoms with Gasteiger partial charge in [0.15, 0.2) is 0 Å². The number of esters is 1. The number of nitrogens with zero attached hydrogens (tertiary/aromatic N) is 3. The number of methoxy groups -OCH3 is 1. The Kier molecular flexibility index (Phi) is 7.55. The topological polar surface area (TPSA) is 101 Å². The van der Waals surface area contributed by atoms with Crippen LogP contribution in [0.5, 0.6) is 5.75 Å². The fourth-order valence-corrected chi connectivity index (χ4v) is 3.23. The second-order valence-corrected chi connectivity index (χ2v) is 6.99. The molecule has 31 heavy (non-hydrogen) atoms. The fraction of sp³-hybridized carbons (Fsp3) is 0.364. The minimum atomic E-state index is -0.433. The molecule has 1 saturated heterocycles. The van der Waals surface area contributed by atoms with Crippen molar-refractivity contribution in [1.29, 1.82) is 0 Å². The van der Waals surface area contributed by atoms with Gasteiger partial charge >= 0.3 is 5.97 Å². The number of hydrogen-bond acceptors (Lipinski definition) is 8. The van der Waals surface area contributed by atoms with Gasteiger partial charge in [0.05, 0.1) is 25.8 Å². The Bertz CT molecular complexity index is 907. The van der Waals surface area contributed by atoms with E-state index in [0.29, 0.717) is 49.7 Å². The summed E-state index contributed by atoms with van der Waals surface area (Å²) in [5.41, 5.74) is 0.818. The van der Waals surface area contributed by atoms with Gasteiger partial charge in [0.25, 0.3) is 5.91 Å². The monoisotopic (exact) mass is 426 g/mol. The van der Waals surface area contributed by atoms with Gasteiger partial charge in [-0.3, -0.25) is 19.8 Å². The molecule has 2 amide bonds. The van der Waals surface area contributed by atoms with Crippen LogP contribution in [0, 0.1) is 0 Å². The molecule has 1 N–H and O–H groups in total. The molecule has 9 heteroatoms. The van der Waals surface area contributed by atoms with Crippen LogP contribution in [0.2, 0.25) is 0 Å². The third kappa shape index (κ3) is 6.02. The Morgan fingerprint density at radius 1 is 1.00 bits per heavy atom. The van der Waals surface area contributed by atoms with Gasteiger partial charge in [0, 0.05) is 37.9 Å². The predicted molar refractivity (Wildman–Crippen MR) is 114 cm³/mol. The fourth-order valence-electron chi connectivity index (χ4n) is 3.23. The zero-order valence-electron chi connectivity index (χ0n) is 17.7. The number of carbonyl (C=O) groups is 3. The van der Waals surface area contributed by atoms with E-state index in [0.717, 1.165) is 5.82 Å². The Hall–Kier alpha value is -3.46. The molecule has 0 aliphatic carbocycles. The van der Waals surface area contributed by atoms with E-state index in [9.17, 15) is 14.4 Å². The minimum absolute atomic E-state index is 0.144. The first-order chi connectivity index (χ1) is 15.0. The second-order valence-electron chi connectivity index (χ2n) is 6.99. The highest BCUT2D eigenvalue weighted by Gasteiger charge is 2.21. The maximum Gasteiger partial charge on any atom is 0.339 e. The molecule has 1 aliphatic heterocycles. The summed E-state index contributed by atoms with van der Waals surface area (Å²) in [5, 5.41) is 2.42. The summed E-state index contributed by atoms with van der Waals surface area (Å²) >= 11 is 0. The van der Waals surface area contributed by atoms with Crippen molar-refractivity contribution in [1.82, 2.24) is 15.2 Å². The lowest BCUT2D eigenvalue weighted by Crippen LogP contribution is -2.50. The van der Waals surface area contributed by atoms with Crippen molar-refractivity contribution in [2.24, 2.45) is 0 Å². The standard InChI is InChI=1S/C22H26N4O5/c1-3-31-22(29)17-6-9-19(23-14-17)26-12-10-25(11-13-26)15-20(27)24-21(28)16-4-7-18(30-2)8-5-16/h4-9,14H,3,10-13,15H2,1-2H3,(H,24,27,28). The number of carbonyl (C=O) groups excluding carboxylic acids is 3. The molecule has 1 aromatic heterocycles. The molecule has 0 radical (unpaired) electrons. The Morgan fingerprint density at radius 2 is 1.68 bits per heavy atom. The number of hydrogen-bond donors (Lipinski definition) is 1. The molecular weight excluding hydrogens is 400 g/mol. The van der Waals surface area contributed by atoms with E-state index < -0.39 is 5.91 Å². The molecule has 2 aromatic rings. The van der Waals surface area contributed by atoms with Gasteiger partial charge < -0.3 is 14.4 Å². The maximum absolute atomic E-state index is 12.3. The van der Waals surface area contributed by atoms with Gasteiger partial charge in [-0.1, -0.05) is 0 Å². The molecular formula is C22H26N4O5. The minimum Gasteiger partial charge on any atom is -0.497 e. The van der Waals surface area contributed by atoms with E-state index in [1.54, 1.807) is 50.4 Å². The number of rotatable bonds is 7. The van der Waals surface area contributed by atoms with E-state index >= 15 is 0 Å². The summed E-state index contributed by atoms with van der Waals surface area (Å²) < 4.78 is 10.0. The molecule has 1 aliphatic rings. The molecule has 0 saturated carbocycles. The zero-order chi connectivity index (χ0) is 22.2. The second kappa shape index (κ2) is 10.5. The third-order valence-electron chi connectivity index (χ3n) is 4.93. The third-order valence-corrected chi connectivity index (χ3v) is 4.93. The molecule has 164 valence electrons. The maximum atomic E-state index is 12.3. The van der Waals surface area contributed by atoms with Crippen molar-refractivity contribution in [2.45, 2.75) is 6.92 Å². The highest BCUT2D eigenvalue weighted by Crippen LogP contribution is 2.15. The van der Waals surface area contributed by atoms with E-state index in [4.69, 9.17) is 9.47 Å². The summed E-state index contributed by atoms with van der Waals surface area (Å²) in [6.45, 7) is 4.91. The Labute approximate surface area is 180 Å². The molecule has 0 atom stereocenters. The summed E-state index contributed by atoms with van der Waals surface area (Å²) in [6, 6.07) is 10.1. The molecule has 0 bridgehead atoms. The largest absolute Gasteiger partial charge is 0.497 e. The lowest BCUT2D eigenvalue weighted by molar-refractivity contribution is -0.121. The lowest BCUT2D eigenvalue weighted by atomic mass is 10.2. The van der Waals surface area contributed by atoms with Crippen molar-refractivity contribution in [3.8, 4) is 5.75 Å². The van der Waals surface area contributed by atoms with Crippen LogP contribution in [-0.4, -0.2) is 74.1 Å². The number of benzene rings is 1. The summed E-state index contributed by atoms with van der Waals surface area (Å²) in [7, 11) is 1.55. The van der Waals surface area contributed by atoms with E-state index in [1.165, 1.54) is 6.20 Å². The lowest BCUT2D eigenvalue weighted by Gasteiger charge is -2.34. The first-order valence-electron chi connectivity index (χ1n) is 10.1. The summed E-state index contributed by atoms with van der Waals surface area (Å²) in [5.74, 6) is 0.252. The number of amides is 2. The number of aromatic nitrogens is 1. The smallest absolute Gasteiger partial charge is 0.339 e. The molecule has 0 spiro atoms. The van der Waals surface area contributed by atoms with Crippen LogP contribution in [0.25, 0.3) is 0 Å². The SMILES string of the molecule is CCOC(=O)c1ccc(N2CCN(CC(=O)NC(=O)c3ccc(OC)cc3)CC2)nc1. The average Bonchev–Trinajstić information content (AvgIpc) is 2.80. The van der Waals surface area contributed by atoms with Crippen LogP contribution in [-0.2, 0) is 9.53 Å². The Balaban J connectivity index is 1.45. The summed E-state index contributed by atoms with van der Waals surface area (Å²) in [6.07, 6.45) is 1.51. The van der Waals surface area contributed by atoms with Crippen molar-refractivity contribution in [3.63, 3.8) is 0 Å². The summed E-state index contributed by atoms with van der Waals surface area (Å²) in [4.78, 5) is 44.6. The van der Waals surface area contributed by atoms with E-state index in [1.807, 2.05) is 4.90 Å². The number of imide groups is 1. The van der Waals surface area contributed by atoms with Crippen LogP contribution >= 0.6 is 0 Å². The molecule has 1 aromatic carbocycles. The molecule has 3 rings (SSSR count). The molecule has 0 unspecified atom stereocenters. The highest BCUT2D eigenvalue weighted by molar-refractivity contribution is 6.05. The number of pyridine rings is 1.